The number of carbonyl (C=O) groups excluding carboxylic acids is 3. The van der Waals surface area contributed by atoms with Crippen LogP contribution in [0.15, 0.2) is 133 Å². The average Bonchev–Trinajstić information content (AvgIpc) is 3.50. The predicted octanol–water partition coefficient (Wildman–Crippen LogP) is 7.64. The summed E-state index contributed by atoms with van der Waals surface area (Å²) in [5, 5.41) is 12.2. The van der Waals surface area contributed by atoms with Gasteiger partial charge in [0.1, 0.15) is 12.6 Å². The molecule has 5 aromatic rings. The first-order valence-electron chi connectivity index (χ1n) is 19.0. The molecule has 0 radical (unpaired) electrons. The molecule has 2 heterocycles. The molecular weight excluding hydrogens is 707 g/mol. The summed E-state index contributed by atoms with van der Waals surface area (Å²) in [6.07, 6.45) is -1.19. The van der Waals surface area contributed by atoms with Crippen LogP contribution in [0.3, 0.4) is 0 Å². The first-order valence-corrected chi connectivity index (χ1v) is 19.0. The topological polar surface area (TPSA) is 118 Å². The molecule has 0 aliphatic carbocycles. The number of alkyl carbamates (subject to hydrolysis) is 1. The molecule has 7 rings (SSSR count). The molecule has 10 heteroatoms. The second kappa shape index (κ2) is 17.9. The molecule has 3 amide bonds. The molecule has 10 nitrogen and oxygen atoms in total. The Morgan fingerprint density at radius 2 is 1.50 bits per heavy atom. The Morgan fingerprint density at radius 3 is 2.23 bits per heavy atom. The molecule has 5 aromatic carbocycles. The average molecular weight is 754 g/mol. The predicted molar refractivity (Wildman–Crippen MR) is 212 cm³/mol. The van der Waals surface area contributed by atoms with Crippen LogP contribution in [-0.4, -0.2) is 58.6 Å². The second-order valence-corrected chi connectivity index (χ2v) is 14.5. The van der Waals surface area contributed by atoms with Gasteiger partial charge >= 0.3 is 6.09 Å². The van der Waals surface area contributed by atoms with Crippen LogP contribution < -0.4 is 5.32 Å². The van der Waals surface area contributed by atoms with Crippen LogP contribution >= 0.6 is 0 Å². The molecule has 56 heavy (non-hydrogen) atoms. The number of likely N-dealkylation sites (tertiary alicyclic amines) is 1. The van der Waals surface area contributed by atoms with Gasteiger partial charge in [0.15, 0.2) is 6.29 Å². The normalized spacial score (nSPS) is 20.2. The summed E-state index contributed by atoms with van der Waals surface area (Å²) in [5.74, 6) is -0.828. The number of ether oxygens (including phenoxy) is 3. The van der Waals surface area contributed by atoms with Crippen LogP contribution in [0.1, 0.15) is 71.6 Å². The van der Waals surface area contributed by atoms with Crippen LogP contribution in [0, 0.1) is 0 Å². The molecule has 0 bridgehead atoms. The third-order valence-corrected chi connectivity index (χ3v) is 10.6. The molecule has 5 atom stereocenters. The van der Waals surface area contributed by atoms with Gasteiger partial charge in [0.05, 0.1) is 31.8 Å². The monoisotopic (exact) mass is 753 g/mol. The van der Waals surface area contributed by atoms with Gasteiger partial charge in [-0.1, -0.05) is 121 Å². The summed E-state index contributed by atoms with van der Waals surface area (Å²) in [5.41, 5.74) is 7.39. The van der Waals surface area contributed by atoms with Gasteiger partial charge in [0, 0.05) is 24.6 Å². The summed E-state index contributed by atoms with van der Waals surface area (Å²) in [4.78, 5) is 42.2. The minimum Gasteiger partial charge on any atom is -0.445 e. The molecule has 5 unspecified atom stereocenters. The van der Waals surface area contributed by atoms with Crippen molar-refractivity contribution in [2.75, 3.05) is 13.6 Å². The smallest absolute Gasteiger partial charge is 0.408 e. The quantitative estimate of drug-likeness (QED) is 0.118. The fourth-order valence-corrected chi connectivity index (χ4v) is 7.26. The van der Waals surface area contributed by atoms with E-state index in [2.05, 4.69) is 54.5 Å². The maximum atomic E-state index is 13.3. The summed E-state index contributed by atoms with van der Waals surface area (Å²) < 4.78 is 18.6. The van der Waals surface area contributed by atoms with E-state index in [0.29, 0.717) is 13.0 Å². The number of hydrogen-bond donors (Lipinski definition) is 2. The Bertz CT molecular complexity index is 2110. The van der Waals surface area contributed by atoms with E-state index in [1.165, 1.54) is 10.5 Å². The Kier molecular flexibility index (Phi) is 12.3. The van der Waals surface area contributed by atoms with Crippen LogP contribution in [0.25, 0.3) is 11.1 Å². The van der Waals surface area contributed by atoms with E-state index in [9.17, 15) is 19.5 Å². The second-order valence-electron chi connectivity index (χ2n) is 14.5. The highest BCUT2D eigenvalue weighted by molar-refractivity contribution is 6.06. The highest BCUT2D eigenvalue weighted by Gasteiger charge is 2.40. The number of hydrogen-bond acceptors (Lipinski definition) is 8. The Hall–Kier alpha value is -5.65. The van der Waals surface area contributed by atoms with Gasteiger partial charge in [-0.3, -0.25) is 19.4 Å². The van der Waals surface area contributed by atoms with Crippen LogP contribution in [0.2, 0.25) is 0 Å². The summed E-state index contributed by atoms with van der Waals surface area (Å²) in [6.45, 7) is 3.01. The highest BCUT2D eigenvalue weighted by atomic mass is 16.7. The van der Waals surface area contributed by atoms with Gasteiger partial charge in [-0.15, -0.1) is 0 Å². The van der Waals surface area contributed by atoms with Gasteiger partial charge in [-0.2, -0.15) is 0 Å². The van der Waals surface area contributed by atoms with Crippen molar-refractivity contribution in [3.05, 3.63) is 167 Å². The molecule has 0 saturated carbocycles. The molecule has 2 aliphatic heterocycles. The number of imide groups is 1. The zero-order valence-corrected chi connectivity index (χ0v) is 31.6. The SMILES string of the molecule is CC(c1ccccc1)N(C)CC1CC(c2ccc(CO)cc2)OC(c2cccc(-c3cccc(CN4C(=O)CC(NC(=O)OCc5ccccc5)C4=O)c3)c2)O1. The largest absolute Gasteiger partial charge is 0.445 e. The van der Waals surface area contributed by atoms with Crippen LogP contribution in [0.4, 0.5) is 4.79 Å². The molecule has 2 fully saturated rings. The van der Waals surface area contributed by atoms with Crippen molar-refractivity contribution in [2.24, 2.45) is 0 Å². The lowest BCUT2D eigenvalue weighted by Crippen LogP contribution is -2.41. The molecule has 0 aromatic heterocycles. The van der Waals surface area contributed by atoms with E-state index >= 15 is 0 Å². The first-order chi connectivity index (χ1) is 27.2. The molecule has 288 valence electrons. The lowest BCUT2D eigenvalue weighted by molar-refractivity contribution is -0.253. The number of aliphatic hydroxyl groups is 1. The van der Waals surface area contributed by atoms with Crippen LogP contribution in [-0.2, 0) is 43.6 Å². The van der Waals surface area contributed by atoms with Crippen molar-refractivity contribution in [1.82, 2.24) is 15.1 Å². The van der Waals surface area contributed by atoms with Crippen molar-refractivity contribution in [2.45, 2.75) is 70.1 Å². The summed E-state index contributed by atoms with van der Waals surface area (Å²) in [6, 6.07) is 42.5. The number of aliphatic hydroxyl groups excluding tert-OH is 1. The molecular formula is C46H47N3O7. The highest BCUT2D eigenvalue weighted by Crippen LogP contribution is 2.39. The number of carbonyl (C=O) groups is 3. The van der Waals surface area contributed by atoms with Gasteiger partial charge < -0.3 is 24.6 Å². The minimum absolute atomic E-state index is 0.0231. The van der Waals surface area contributed by atoms with E-state index in [0.717, 1.165) is 38.9 Å². The van der Waals surface area contributed by atoms with E-state index in [4.69, 9.17) is 14.2 Å². The molecule has 2 aliphatic rings. The molecule has 2 saturated heterocycles. The Labute approximate surface area is 327 Å². The molecule has 0 spiro atoms. The van der Waals surface area contributed by atoms with Gasteiger partial charge in [0.2, 0.25) is 5.91 Å². The molecule has 2 N–H and O–H groups in total. The maximum Gasteiger partial charge on any atom is 0.408 e. The van der Waals surface area contributed by atoms with Crippen molar-refractivity contribution in [1.29, 1.82) is 0 Å². The number of nitrogens with zero attached hydrogens (tertiary/aromatic N) is 2. The Balaban J connectivity index is 1.04. The van der Waals surface area contributed by atoms with Gasteiger partial charge in [0.25, 0.3) is 5.91 Å². The maximum absolute atomic E-state index is 13.3. The number of benzene rings is 5. The fraction of sp³-hybridized carbons (Fsp3) is 0.283. The fourth-order valence-electron chi connectivity index (χ4n) is 7.26. The van der Waals surface area contributed by atoms with E-state index in [1.807, 2.05) is 103 Å². The lowest BCUT2D eigenvalue weighted by Gasteiger charge is -2.39. The zero-order chi connectivity index (χ0) is 39.0. The van der Waals surface area contributed by atoms with Crippen molar-refractivity contribution in [3.8, 4) is 11.1 Å². The van der Waals surface area contributed by atoms with E-state index < -0.39 is 24.3 Å². The third-order valence-electron chi connectivity index (χ3n) is 10.6. The van der Waals surface area contributed by atoms with Gasteiger partial charge in [-0.25, -0.2) is 4.79 Å². The summed E-state index contributed by atoms with van der Waals surface area (Å²) in [7, 11) is 2.12. The number of rotatable bonds is 13. The van der Waals surface area contributed by atoms with Crippen molar-refractivity contribution in [3.63, 3.8) is 0 Å². The number of likely N-dealkylation sites (N-methyl/N-ethyl adjacent to an activating group) is 1. The van der Waals surface area contributed by atoms with E-state index in [-0.39, 0.29) is 50.3 Å². The Morgan fingerprint density at radius 1 is 0.821 bits per heavy atom. The van der Waals surface area contributed by atoms with Crippen molar-refractivity contribution < 1.29 is 33.7 Å². The third kappa shape index (κ3) is 9.41. The van der Waals surface area contributed by atoms with Gasteiger partial charge in [-0.05, 0) is 65.0 Å². The zero-order valence-electron chi connectivity index (χ0n) is 31.6. The first kappa shape index (κ1) is 38.6. The minimum atomic E-state index is -0.984. The van der Waals surface area contributed by atoms with Crippen molar-refractivity contribution >= 4 is 17.9 Å². The number of amides is 3. The summed E-state index contributed by atoms with van der Waals surface area (Å²) >= 11 is 0. The lowest BCUT2D eigenvalue weighted by atomic mass is 9.98. The van der Waals surface area contributed by atoms with E-state index in [1.54, 1.807) is 0 Å². The standard InChI is InChI=1S/C46H47N3O7/c1-31(35-14-7-4-8-15-35)48(2)28-40-25-42(36-21-19-32(29-50)20-22-36)56-45(55-40)39-18-10-17-38(24-39)37-16-9-13-34(23-37)27-49-43(51)26-41(44(49)52)47-46(53)54-30-33-11-5-3-6-12-33/h3-24,31,40-42,45,50H,25-30H2,1-2H3,(H,47,53). The number of nitrogens with one attached hydrogen (secondary N) is 1. The van der Waals surface area contributed by atoms with Crippen LogP contribution in [0.5, 0.6) is 0 Å².